The van der Waals surface area contributed by atoms with Gasteiger partial charge in [-0.05, 0) is 37.0 Å². The summed E-state index contributed by atoms with van der Waals surface area (Å²) in [5.41, 5.74) is 4.73. The molecule has 0 saturated carbocycles. The zero-order valence-electron chi connectivity index (χ0n) is 17.4. The van der Waals surface area contributed by atoms with E-state index in [1.165, 1.54) is 11.8 Å². The second-order valence-corrected chi connectivity index (χ2v) is 8.20. The maximum Gasteiger partial charge on any atom is 0.234 e. The summed E-state index contributed by atoms with van der Waals surface area (Å²) in [4.78, 5) is 17.3. The average molecular weight is 420 g/mol. The van der Waals surface area contributed by atoms with Crippen molar-refractivity contribution in [2.45, 2.75) is 44.8 Å². The molecule has 6 nitrogen and oxygen atoms in total. The minimum Gasteiger partial charge on any atom is -0.325 e. The summed E-state index contributed by atoms with van der Waals surface area (Å²) in [5.74, 6) is 0.546. The molecule has 4 aromatic rings. The molecule has 0 radical (unpaired) electrons. The average Bonchev–Trinajstić information content (AvgIpc) is 3.10. The van der Waals surface area contributed by atoms with Gasteiger partial charge in [-0.3, -0.25) is 4.79 Å². The molecule has 0 aliphatic rings. The number of para-hydroxylation sites is 2. The third kappa shape index (κ3) is 3.89. The van der Waals surface area contributed by atoms with Crippen molar-refractivity contribution >= 4 is 45.4 Å². The molecule has 1 amide bonds. The van der Waals surface area contributed by atoms with E-state index < -0.39 is 0 Å². The van der Waals surface area contributed by atoms with Gasteiger partial charge in [0.25, 0.3) is 0 Å². The fraction of sp³-hybridized carbons (Fsp3) is 0.304. The van der Waals surface area contributed by atoms with Crippen molar-refractivity contribution in [3.05, 3.63) is 54.1 Å². The number of hydrogen-bond acceptors (Lipinski definition) is 5. The first-order valence-corrected chi connectivity index (χ1v) is 11.2. The normalized spacial score (nSPS) is 12.4. The van der Waals surface area contributed by atoms with Crippen LogP contribution in [-0.2, 0) is 11.3 Å². The van der Waals surface area contributed by atoms with Crippen molar-refractivity contribution < 1.29 is 4.79 Å². The molecule has 0 bridgehead atoms. The van der Waals surface area contributed by atoms with E-state index in [2.05, 4.69) is 53.0 Å². The van der Waals surface area contributed by atoms with Crippen LogP contribution in [0.5, 0.6) is 0 Å². The fourth-order valence-electron chi connectivity index (χ4n) is 3.65. The quantitative estimate of drug-likeness (QED) is 0.415. The lowest BCUT2D eigenvalue weighted by atomic mass is 9.97. The maximum absolute atomic E-state index is 12.6. The molecule has 7 heteroatoms. The number of fused-ring (bicyclic) bond motifs is 3. The van der Waals surface area contributed by atoms with Crippen LogP contribution < -0.4 is 5.32 Å². The molecule has 0 spiro atoms. The highest BCUT2D eigenvalue weighted by Gasteiger charge is 2.15. The van der Waals surface area contributed by atoms with Gasteiger partial charge in [-0.2, -0.15) is 0 Å². The number of amides is 1. The van der Waals surface area contributed by atoms with Crippen molar-refractivity contribution in [1.82, 2.24) is 19.7 Å². The van der Waals surface area contributed by atoms with E-state index in [-0.39, 0.29) is 11.7 Å². The molecular formula is C23H25N5OS. The van der Waals surface area contributed by atoms with Crippen LogP contribution in [-0.4, -0.2) is 31.4 Å². The smallest absolute Gasteiger partial charge is 0.234 e. The Balaban J connectivity index is 1.52. The first kappa shape index (κ1) is 20.3. The van der Waals surface area contributed by atoms with Gasteiger partial charge in [0.2, 0.25) is 11.1 Å². The molecular weight excluding hydrogens is 394 g/mol. The third-order valence-electron chi connectivity index (χ3n) is 5.38. The summed E-state index contributed by atoms with van der Waals surface area (Å²) in [6, 6.07) is 16.1. The van der Waals surface area contributed by atoms with Crippen molar-refractivity contribution in [2.24, 2.45) is 0 Å². The van der Waals surface area contributed by atoms with Crippen LogP contribution in [0.1, 0.15) is 38.7 Å². The van der Waals surface area contributed by atoms with Crippen molar-refractivity contribution in [3.63, 3.8) is 0 Å². The molecule has 2 heterocycles. The van der Waals surface area contributed by atoms with Gasteiger partial charge in [0.05, 0.1) is 11.3 Å². The second-order valence-electron chi connectivity index (χ2n) is 7.26. The predicted octanol–water partition coefficient (Wildman–Crippen LogP) is 5.24. The number of hydrogen-bond donors (Lipinski definition) is 1. The number of carbonyl (C=O) groups is 1. The van der Waals surface area contributed by atoms with Crippen LogP contribution in [0.15, 0.2) is 53.7 Å². The van der Waals surface area contributed by atoms with E-state index in [1.807, 2.05) is 36.4 Å². The molecule has 154 valence electrons. The van der Waals surface area contributed by atoms with Gasteiger partial charge in [0, 0.05) is 17.6 Å². The van der Waals surface area contributed by atoms with Crippen LogP contribution in [0.3, 0.4) is 0 Å². The van der Waals surface area contributed by atoms with Gasteiger partial charge >= 0.3 is 0 Å². The molecule has 1 atom stereocenters. The minimum absolute atomic E-state index is 0.0736. The number of benzene rings is 2. The van der Waals surface area contributed by atoms with Crippen molar-refractivity contribution in [3.8, 4) is 0 Å². The molecule has 2 aromatic carbocycles. The molecule has 0 unspecified atom stereocenters. The zero-order chi connectivity index (χ0) is 21.1. The number of nitrogens with zero attached hydrogens (tertiary/aromatic N) is 4. The fourth-order valence-corrected chi connectivity index (χ4v) is 4.23. The van der Waals surface area contributed by atoms with Gasteiger partial charge in [-0.25, -0.2) is 4.98 Å². The summed E-state index contributed by atoms with van der Waals surface area (Å²) >= 11 is 1.30. The van der Waals surface area contributed by atoms with E-state index in [0.29, 0.717) is 11.1 Å². The van der Waals surface area contributed by atoms with Crippen molar-refractivity contribution in [2.75, 3.05) is 11.1 Å². The Morgan fingerprint density at radius 1 is 1.10 bits per heavy atom. The number of aryl methyl sites for hydroxylation is 1. The monoisotopic (exact) mass is 419 g/mol. The summed E-state index contributed by atoms with van der Waals surface area (Å²) in [6.07, 6.45) is 1.02. The zero-order valence-corrected chi connectivity index (χ0v) is 18.2. The van der Waals surface area contributed by atoms with Crippen LogP contribution in [0.25, 0.3) is 22.1 Å². The van der Waals surface area contributed by atoms with E-state index in [1.54, 1.807) is 0 Å². The second kappa shape index (κ2) is 8.83. The largest absolute Gasteiger partial charge is 0.325 e. The van der Waals surface area contributed by atoms with Gasteiger partial charge in [-0.15, -0.1) is 10.2 Å². The Morgan fingerprint density at radius 2 is 1.87 bits per heavy atom. The van der Waals surface area contributed by atoms with E-state index in [4.69, 9.17) is 4.98 Å². The molecule has 30 heavy (non-hydrogen) atoms. The van der Waals surface area contributed by atoms with Crippen LogP contribution in [0, 0.1) is 0 Å². The van der Waals surface area contributed by atoms with Gasteiger partial charge < -0.3 is 9.88 Å². The number of nitrogens with one attached hydrogen (secondary N) is 1. The minimum atomic E-state index is -0.0736. The van der Waals surface area contributed by atoms with Gasteiger partial charge in [-0.1, -0.05) is 62.0 Å². The Labute approximate surface area is 180 Å². The highest BCUT2D eigenvalue weighted by Crippen LogP contribution is 2.28. The van der Waals surface area contributed by atoms with E-state index in [9.17, 15) is 4.79 Å². The standard InChI is InChI=1S/C23H25N5OS/c1-4-15(3)16-10-6-8-12-18(16)24-20(29)14-30-23-25-22-21(26-27-23)17-11-7-9-13-19(17)28(22)5-2/h6-13,15H,4-5,14H2,1-3H3,(H,24,29)/t15-/m1/s1. The van der Waals surface area contributed by atoms with Crippen LogP contribution in [0.2, 0.25) is 0 Å². The summed E-state index contributed by atoms with van der Waals surface area (Å²) in [5, 5.41) is 13.2. The lowest BCUT2D eigenvalue weighted by Crippen LogP contribution is -2.16. The number of rotatable bonds is 7. The SMILES string of the molecule is CC[C@@H](C)c1ccccc1NC(=O)CSc1nnc2c3ccccc3n(CC)c2n1. The first-order chi connectivity index (χ1) is 14.6. The molecule has 0 saturated heterocycles. The lowest BCUT2D eigenvalue weighted by Gasteiger charge is -2.15. The van der Waals surface area contributed by atoms with Crippen LogP contribution in [0.4, 0.5) is 5.69 Å². The van der Waals surface area contributed by atoms with Crippen LogP contribution >= 0.6 is 11.8 Å². The third-order valence-corrected chi connectivity index (χ3v) is 6.22. The lowest BCUT2D eigenvalue weighted by molar-refractivity contribution is -0.113. The summed E-state index contributed by atoms with van der Waals surface area (Å²) in [7, 11) is 0. The van der Waals surface area contributed by atoms with Gasteiger partial charge in [0.15, 0.2) is 5.65 Å². The Kier molecular flexibility index (Phi) is 5.99. The summed E-state index contributed by atoms with van der Waals surface area (Å²) < 4.78 is 2.13. The van der Waals surface area contributed by atoms with Crippen molar-refractivity contribution in [1.29, 1.82) is 0 Å². The predicted molar refractivity (Wildman–Crippen MR) is 123 cm³/mol. The molecule has 4 rings (SSSR count). The molecule has 1 N–H and O–H groups in total. The Morgan fingerprint density at radius 3 is 2.67 bits per heavy atom. The highest BCUT2D eigenvalue weighted by molar-refractivity contribution is 7.99. The number of aromatic nitrogens is 4. The molecule has 0 aliphatic carbocycles. The Hall–Kier alpha value is -2.93. The molecule has 0 fully saturated rings. The topological polar surface area (TPSA) is 72.7 Å². The summed E-state index contributed by atoms with van der Waals surface area (Å²) in [6.45, 7) is 7.19. The maximum atomic E-state index is 12.6. The molecule has 2 aromatic heterocycles. The Bertz CT molecular complexity index is 1200. The number of carbonyl (C=O) groups excluding carboxylic acids is 1. The highest BCUT2D eigenvalue weighted by atomic mass is 32.2. The van der Waals surface area contributed by atoms with E-state index >= 15 is 0 Å². The number of anilines is 1. The van der Waals surface area contributed by atoms with Gasteiger partial charge in [0.1, 0.15) is 5.52 Å². The van der Waals surface area contributed by atoms with E-state index in [0.717, 1.165) is 46.3 Å². The number of thioether (sulfide) groups is 1. The molecule has 0 aliphatic heterocycles. The first-order valence-electron chi connectivity index (χ1n) is 10.3.